The van der Waals surface area contributed by atoms with Crippen molar-refractivity contribution in [2.45, 2.75) is 13.8 Å². The lowest BCUT2D eigenvalue weighted by atomic mass is 9.90. The Bertz CT molecular complexity index is 1370. The van der Waals surface area contributed by atoms with Crippen LogP contribution in [0.2, 0.25) is 0 Å². The molecule has 0 radical (unpaired) electrons. The molecule has 174 valence electrons. The zero-order valence-electron chi connectivity index (χ0n) is 20.9. The summed E-state index contributed by atoms with van der Waals surface area (Å²) < 4.78 is 0. The van der Waals surface area contributed by atoms with Gasteiger partial charge in [0.05, 0.1) is 0 Å². The summed E-state index contributed by atoms with van der Waals surface area (Å²) in [6.45, 7) is 4.24. The van der Waals surface area contributed by atoms with Gasteiger partial charge in [0.2, 0.25) is 0 Å². The fraction of sp³-hybridized carbons (Fsp3) is 0.0556. The molecule has 0 aliphatic rings. The van der Waals surface area contributed by atoms with Crippen LogP contribution in [0.1, 0.15) is 33.4 Å². The molecule has 0 amide bonds. The predicted molar refractivity (Wildman–Crippen MR) is 158 cm³/mol. The van der Waals surface area contributed by atoms with Crippen molar-refractivity contribution in [1.29, 1.82) is 0 Å². The monoisotopic (exact) mass is 462 g/mol. The topological polar surface area (TPSA) is 0 Å². The van der Waals surface area contributed by atoms with Crippen LogP contribution in [0.25, 0.3) is 46.6 Å². The van der Waals surface area contributed by atoms with E-state index in [0.29, 0.717) is 0 Å². The lowest BCUT2D eigenvalue weighted by Gasteiger charge is -2.14. The van der Waals surface area contributed by atoms with E-state index in [4.69, 9.17) is 0 Å². The molecule has 0 saturated carbocycles. The molecule has 36 heavy (non-hydrogen) atoms. The van der Waals surface area contributed by atoms with Crippen molar-refractivity contribution in [2.75, 3.05) is 0 Å². The van der Waals surface area contributed by atoms with Crippen LogP contribution < -0.4 is 0 Å². The summed E-state index contributed by atoms with van der Waals surface area (Å²) in [7, 11) is 0. The van der Waals surface area contributed by atoms with Crippen LogP contribution in [0.5, 0.6) is 0 Å². The molecular weight excluding hydrogens is 432 g/mol. The molecule has 0 spiro atoms. The lowest BCUT2D eigenvalue weighted by Crippen LogP contribution is -1.91. The molecule has 0 aliphatic carbocycles. The second kappa shape index (κ2) is 10.9. The molecule has 0 heterocycles. The van der Waals surface area contributed by atoms with E-state index in [-0.39, 0.29) is 0 Å². The first kappa shape index (κ1) is 23.3. The number of hydrogen-bond acceptors (Lipinski definition) is 0. The van der Waals surface area contributed by atoms with Crippen molar-refractivity contribution in [3.05, 3.63) is 155 Å². The normalized spacial score (nSPS) is 11.4. The first-order valence-electron chi connectivity index (χ1n) is 12.4. The van der Waals surface area contributed by atoms with Crippen LogP contribution in [0.3, 0.4) is 0 Å². The molecule has 0 heteroatoms. The Labute approximate surface area is 214 Å². The summed E-state index contributed by atoms with van der Waals surface area (Å²) in [5.74, 6) is 0. The minimum atomic E-state index is 1.20. The van der Waals surface area contributed by atoms with E-state index in [2.05, 4.69) is 159 Å². The van der Waals surface area contributed by atoms with Gasteiger partial charge in [-0.1, -0.05) is 145 Å². The first-order chi connectivity index (χ1) is 17.7. The molecular formula is C36H30. The molecule has 5 rings (SSSR count). The van der Waals surface area contributed by atoms with E-state index < -0.39 is 0 Å². The molecule has 0 saturated heterocycles. The Morgan fingerprint density at radius 2 is 0.750 bits per heavy atom. The number of benzene rings is 5. The van der Waals surface area contributed by atoms with Gasteiger partial charge in [-0.15, -0.1) is 0 Å². The van der Waals surface area contributed by atoms with Crippen molar-refractivity contribution in [1.82, 2.24) is 0 Å². The highest BCUT2D eigenvalue weighted by atomic mass is 14.1. The molecule has 0 bridgehead atoms. The fourth-order valence-electron chi connectivity index (χ4n) is 4.37. The first-order valence-corrected chi connectivity index (χ1v) is 12.4. The summed E-state index contributed by atoms with van der Waals surface area (Å²) >= 11 is 0. The molecule has 5 aromatic rings. The highest BCUT2D eigenvalue weighted by Crippen LogP contribution is 2.35. The maximum Gasteiger partial charge on any atom is -0.0105 e. The minimum absolute atomic E-state index is 1.20. The van der Waals surface area contributed by atoms with Crippen LogP contribution >= 0.6 is 0 Å². The second-order valence-electron chi connectivity index (χ2n) is 9.25. The average Bonchev–Trinajstić information content (AvgIpc) is 2.93. The number of aryl methyl sites for hydroxylation is 2. The third-order valence-electron chi connectivity index (χ3n) is 6.46. The maximum atomic E-state index is 2.33. The van der Waals surface area contributed by atoms with Gasteiger partial charge in [-0.3, -0.25) is 0 Å². The van der Waals surface area contributed by atoms with Crippen LogP contribution in [0.4, 0.5) is 0 Å². The molecule has 0 aliphatic heterocycles. The van der Waals surface area contributed by atoms with Crippen molar-refractivity contribution in [2.24, 2.45) is 0 Å². The number of hydrogen-bond donors (Lipinski definition) is 0. The molecule has 0 fully saturated rings. The Kier molecular flexibility index (Phi) is 7.05. The van der Waals surface area contributed by atoms with Crippen LogP contribution in [0.15, 0.2) is 121 Å². The molecule has 0 atom stereocenters. The minimum Gasteiger partial charge on any atom is -0.0622 e. The van der Waals surface area contributed by atoms with E-state index >= 15 is 0 Å². The van der Waals surface area contributed by atoms with Gasteiger partial charge in [0.1, 0.15) is 0 Å². The standard InChI is InChI=1S/C36H30/c1-27-13-17-29(18-14-27)21-23-33-25-36(32-11-7-4-8-12-32)34(24-22-30-19-15-28(2)16-20-30)26-35(33)31-9-5-3-6-10-31/h3-26H,1-2H3/b23-21+,24-22+. The molecule has 0 unspecified atom stereocenters. The van der Waals surface area contributed by atoms with Gasteiger partial charge < -0.3 is 0 Å². The van der Waals surface area contributed by atoms with Crippen LogP contribution in [-0.2, 0) is 0 Å². The third kappa shape index (κ3) is 5.62. The molecule has 0 N–H and O–H groups in total. The summed E-state index contributed by atoms with van der Waals surface area (Å²) in [4.78, 5) is 0. The smallest absolute Gasteiger partial charge is 0.0105 e. The van der Waals surface area contributed by atoms with Crippen molar-refractivity contribution >= 4 is 24.3 Å². The Morgan fingerprint density at radius 1 is 0.389 bits per heavy atom. The van der Waals surface area contributed by atoms with Crippen molar-refractivity contribution in [3.63, 3.8) is 0 Å². The van der Waals surface area contributed by atoms with Gasteiger partial charge in [-0.05, 0) is 70.5 Å². The average molecular weight is 463 g/mol. The lowest BCUT2D eigenvalue weighted by molar-refractivity contribution is 1.46. The van der Waals surface area contributed by atoms with Gasteiger partial charge >= 0.3 is 0 Å². The second-order valence-corrected chi connectivity index (χ2v) is 9.25. The highest BCUT2D eigenvalue weighted by molar-refractivity contribution is 5.90. The zero-order valence-corrected chi connectivity index (χ0v) is 20.9. The summed E-state index contributed by atoms with van der Waals surface area (Å²) in [5, 5.41) is 0. The van der Waals surface area contributed by atoms with E-state index in [1.165, 1.54) is 55.6 Å². The molecule has 0 nitrogen and oxygen atoms in total. The number of rotatable bonds is 6. The Morgan fingerprint density at radius 3 is 1.11 bits per heavy atom. The molecule has 5 aromatic carbocycles. The summed E-state index contributed by atoms with van der Waals surface area (Å²) in [5.41, 5.74) is 12.2. The van der Waals surface area contributed by atoms with Gasteiger partial charge in [0.25, 0.3) is 0 Å². The Hall–Kier alpha value is -4.42. The quantitative estimate of drug-likeness (QED) is 0.220. The van der Waals surface area contributed by atoms with Crippen molar-refractivity contribution < 1.29 is 0 Å². The van der Waals surface area contributed by atoms with Gasteiger partial charge in [-0.2, -0.15) is 0 Å². The SMILES string of the molecule is Cc1ccc(/C=C/c2cc(-c3ccccc3)c(/C=C/c3ccc(C)cc3)cc2-c2ccccc2)cc1. The predicted octanol–water partition coefficient (Wildman–Crippen LogP) is 9.98. The highest BCUT2D eigenvalue weighted by Gasteiger charge is 2.11. The fourth-order valence-corrected chi connectivity index (χ4v) is 4.37. The zero-order chi connectivity index (χ0) is 24.7. The van der Waals surface area contributed by atoms with E-state index in [9.17, 15) is 0 Å². The van der Waals surface area contributed by atoms with E-state index in [1.807, 2.05) is 0 Å². The van der Waals surface area contributed by atoms with Crippen LogP contribution in [0, 0.1) is 13.8 Å². The van der Waals surface area contributed by atoms with Gasteiger partial charge in [-0.25, -0.2) is 0 Å². The van der Waals surface area contributed by atoms with E-state index in [0.717, 1.165) is 0 Å². The largest absolute Gasteiger partial charge is 0.0622 e. The maximum absolute atomic E-state index is 2.33. The van der Waals surface area contributed by atoms with Crippen molar-refractivity contribution in [3.8, 4) is 22.3 Å². The summed E-state index contributed by atoms with van der Waals surface area (Å²) in [6.07, 6.45) is 8.90. The van der Waals surface area contributed by atoms with Crippen LogP contribution in [-0.4, -0.2) is 0 Å². The van der Waals surface area contributed by atoms with E-state index in [1.54, 1.807) is 0 Å². The van der Waals surface area contributed by atoms with Gasteiger partial charge in [0, 0.05) is 0 Å². The third-order valence-corrected chi connectivity index (χ3v) is 6.46. The Balaban J connectivity index is 1.66. The van der Waals surface area contributed by atoms with Gasteiger partial charge in [0.15, 0.2) is 0 Å². The molecule has 0 aromatic heterocycles. The summed E-state index contributed by atoms with van der Waals surface area (Å²) in [6, 6.07) is 43.3.